The van der Waals surface area contributed by atoms with Gasteiger partial charge in [0.25, 0.3) is 0 Å². The van der Waals surface area contributed by atoms with Gasteiger partial charge >= 0.3 is 12.1 Å². The van der Waals surface area contributed by atoms with Crippen molar-refractivity contribution in [2.45, 2.75) is 25.4 Å². The van der Waals surface area contributed by atoms with E-state index in [2.05, 4.69) is 4.74 Å². The Kier molecular flexibility index (Phi) is 4.58. The number of hydrogen-bond donors (Lipinski definition) is 0. The first-order valence-corrected chi connectivity index (χ1v) is 5.29. The maximum atomic E-state index is 12.0. The highest BCUT2D eigenvalue weighted by molar-refractivity contribution is 5.72. The maximum absolute atomic E-state index is 12.0. The number of halogens is 3. The Morgan fingerprint density at radius 3 is 2.75 bits per heavy atom. The van der Waals surface area contributed by atoms with Gasteiger partial charge in [0.15, 0.2) is 0 Å². The van der Waals surface area contributed by atoms with Gasteiger partial charge in [-0.3, -0.25) is 4.79 Å². The molecule has 0 aromatic heterocycles. The average Bonchev–Trinajstić information content (AvgIpc) is 2.25. The molecule has 16 heavy (non-hydrogen) atoms. The Labute approximate surface area is 92.5 Å². The quantitative estimate of drug-likeness (QED) is 0.704. The van der Waals surface area contributed by atoms with Crippen LogP contribution < -0.4 is 0 Å². The number of carbonyl (C=O) groups is 1. The van der Waals surface area contributed by atoms with Gasteiger partial charge in [0, 0.05) is 13.1 Å². The van der Waals surface area contributed by atoms with Crippen LogP contribution >= 0.6 is 0 Å². The van der Waals surface area contributed by atoms with Crippen LogP contribution in [0.15, 0.2) is 0 Å². The van der Waals surface area contributed by atoms with Gasteiger partial charge in [-0.25, -0.2) is 0 Å². The third kappa shape index (κ3) is 4.38. The van der Waals surface area contributed by atoms with Gasteiger partial charge in [0.2, 0.25) is 0 Å². The van der Waals surface area contributed by atoms with Crippen molar-refractivity contribution >= 4 is 5.97 Å². The Morgan fingerprint density at radius 1 is 1.50 bits per heavy atom. The van der Waals surface area contributed by atoms with Crippen molar-refractivity contribution in [3.8, 4) is 0 Å². The predicted octanol–water partition coefficient (Wildman–Crippen LogP) is 1.82. The third-order valence-corrected chi connectivity index (χ3v) is 2.75. The second-order valence-electron chi connectivity index (χ2n) is 4.03. The molecule has 0 aliphatic carbocycles. The summed E-state index contributed by atoms with van der Waals surface area (Å²) in [6, 6.07) is 0. The van der Waals surface area contributed by atoms with Crippen LogP contribution in [-0.4, -0.2) is 43.8 Å². The van der Waals surface area contributed by atoms with Gasteiger partial charge in [0.05, 0.1) is 19.4 Å². The lowest BCUT2D eigenvalue weighted by Gasteiger charge is -2.31. The van der Waals surface area contributed by atoms with Crippen molar-refractivity contribution in [1.29, 1.82) is 0 Å². The van der Waals surface area contributed by atoms with Crippen LogP contribution in [0.2, 0.25) is 0 Å². The zero-order valence-corrected chi connectivity index (χ0v) is 9.22. The van der Waals surface area contributed by atoms with E-state index in [0.717, 1.165) is 6.42 Å². The summed E-state index contributed by atoms with van der Waals surface area (Å²) >= 11 is 0. The number of piperidine rings is 1. The third-order valence-electron chi connectivity index (χ3n) is 2.75. The van der Waals surface area contributed by atoms with Crippen molar-refractivity contribution < 1.29 is 22.7 Å². The molecular formula is C10H16F3NO2. The van der Waals surface area contributed by atoms with Crippen LogP contribution in [0.4, 0.5) is 13.2 Å². The fourth-order valence-electron chi connectivity index (χ4n) is 1.90. The lowest BCUT2D eigenvalue weighted by Crippen LogP contribution is -2.40. The second-order valence-corrected chi connectivity index (χ2v) is 4.03. The fraction of sp³-hybridized carbons (Fsp3) is 0.900. The highest BCUT2D eigenvalue weighted by Gasteiger charge is 2.31. The highest BCUT2D eigenvalue weighted by Crippen LogP contribution is 2.23. The molecule has 1 saturated heterocycles. The predicted molar refractivity (Wildman–Crippen MR) is 51.9 cm³/mol. The number of carbonyl (C=O) groups excluding carboxylic acids is 1. The van der Waals surface area contributed by atoms with Crippen LogP contribution in [0.3, 0.4) is 0 Å². The van der Waals surface area contributed by atoms with Crippen molar-refractivity contribution in [3.63, 3.8) is 0 Å². The Bertz CT molecular complexity index is 243. The normalized spacial score (nSPS) is 23.1. The molecule has 0 aromatic carbocycles. The van der Waals surface area contributed by atoms with Gasteiger partial charge < -0.3 is 9.64 Å². The van der Waals surface area contributed by atoms with Gasteiger partial charge in [-0.2, -0.15) is 13.2 Å². The molecule has 0 amide bonds. The van der Waals surface area contributed by atoms with Crippen molar-refractivity contribution in [3.05, 3.63) is 0 Å². The summed E-state index contributed by atoms with van der Waals surface area (Å²) in [5, 5.41) is 0. The van der Waals surface area contributed by atoms with Crippen molar-refractivity contribution in [1.82, 2.24) is 4.90 Å². The minimum atomic E-state index is -4.13. The maximum Gasteiger partial charge on any atom is 0.390 e. The molecule has 0 spiro atoms. The average molecular weight is 239 g/mol. The molecule has 94 valence electrons. The number of rotatable bonds is 3. The number of nitrogens with zero attached hydrogens (tertiary/aromatic N) is 1. The van der Waals surface area contributed by atoms with Crippen molar-refractivity contribution in [2.75, 3.05) is 26.7 Å². The first kappa shape index (κ1) is 13.3. The zero-order chi connectivity index (χ0) is 12.2. The fourth-order valence-corrected chi connectivity index (χ4v) is 1.90. The molecule has 0 bridgehead atoms. The van der Waals surface area contributed by atoms with E-state index in [0.29, 0.717) is 19.5 Å². The molecule has 1 rings (SSSR count). The second kappa shape index (κ2) is 5.52. The summed E-state index contributed by atoms with van der Waals surface area (Å²) in [6.07, 6.45) is -3.49. The summed E-state index contributed by atoms with van der Waals surface area (Å²) in [5.41, 5.74) is 0. The van der Waals surface area contributed by atoms with Gasteiger partial charge in [-0.1, -0.05) is 0 Å². The molecule has 1 aliphatic heterocycles. The largest absolute Gasteiger partial charge is 0.469 e. The SMILES string of the molecule is COC(=O)C1CCCN(CCC(F)(F)F)C1. The van der Waals surface area contributed by atoms with Crippen LogP contribution in [0.25, 0.3) is 0 Å². The van der Waals surface area contributed by atoms with E-state index in [1.54, 1.807) is 4.90 Å². The summed E-state index contributed by atoms with van der Waals surface area (Å²) in [7, 11) is 1.30. The van der Waals surface area contributed by atoms with E-state index in [4.69, 9.17) is 0 Å². The molecule has 6 heteroatoms. The Balaban J connectivity index is 2.36. The Morgan fingerprint density at radius 2 is 2.19 bits per heavy atom. The molecule has 1 atom stereocenters. The van der Waals surface area contributed by atoms with Crippen molar-refractivity contribution in [2.24, 2.45) is 5.92 Å². The van der Waals surface area contributed by atoms with E-state index in [9.17, 15) is 18.0 Å². The van der Waals surface area contributed by atoms with E-state index < -0.39 is 12.6 Å². The lowest BCUT2D eigenvalue weighted by molar-refractivity contribution is -0.148. The molecule has 1 aliphatic rings. The molecule has 1 unspecified atom stereocenters. The summed E-state index contributed by atoms with van der Waals surface area (Å²) in [6.45, 7) is 0.976. The zero-order valence-electron chi connectivity index (χ0n) is 9.22. The topological polar surface area (TPSA) is 29.5 Å². The smallest absolute Gasteiger partial charge is 0.390 e. The van der Waals surface area contributed by atoms with Gasteiger partial charge in [0.1, 0.15) is 0 Å². The number of hydrogen-bond acceptors (Lipinski definition) is 3. The molecule has 0 aromatic rings. The summed E-state index contributed by atoms with van der Waals surface area (Å²) in [5.74, 6) is -0.594. The number of likely N-dealkylation sites (tertiary alicyclic amines) is 1. The molecule has 0 N–H and O–H groups in total. The van der Waals surface area contributed by atoms with Gasteiger partial charge in [-0.05, 0) is 19.4 Å². The molecule has 0 saturated carbocycles. The minimum absolute atomic E-state index is 0.0308. The van der Waals surface area contributed by atoms with E-state index in [1.807, 2.05) is 0 Å². The Hall–Kier alpha value is -0.780. The number of ether oxygens (including phenoxy) is 1. The molecule has 1 fully saturated rings. The summed E-state index contributed by atoms with van der Waals surface area (Å²) < 4.78 is 40.6. The lowest BCUT2D eigenvalue weighted by atomic mass is 9.98. The molecular weight excluding hydrogens is 223 g/mol. The van der Waals surface area contributed by atoms with E-state index in [-0.39, 0.29) is 18.4 Å². The van der Waals surface area contributed by atoms with Crippen LogP contribution in [-0.2, 0) is 9.53 Å². The van der Waals surface area contributed by atoms with Gasteiger partial charge in [-0.15, -0.1) is 0 Å². The molecule has 3 nitrogen and oxygen atoms in total. The number of alkyl halides is 3. The first-order valence-electron chi connectivity index (χ1n) is 5.29. The van der Waals surface area contributed by atoms with Crippen LogP contribution in [0.5, 0.6) is 0 Å². The molecule has 1 heterocycles. The van der Waals surface area contributed by atoms with E-state index in [1.165, 1.54) is 7.11 Å². The number of esters is 1. The monoisotopic (exact) mass is 239 g/mol. The highest BCUT2D eigenvalue weighted by atomic mass is 19.4. The number of methoxy groups -OCH3 is 1. The summed E-state index contributed by atoms with van der Waals surface area (Å²) in [4.78, 5) is 12.9. The standard InChI is InChI=1S/C10H16F3NO2/c1-16-9(15)8-3-2-5-14(7-8)6-4-10(11,12)13/h8H,2-7H2,1H3. The minimum Gasteiger partial charge on any atom is -0.469 e. The van der Waals surface area contributed by atoms with Crippen LogP contribution in [0.1, 0.15) is 19.3 Å². The van der Waals surface area contributed by atoms with E-state index >= 15 is 0 Å². The molecule has 0 radical (unpaired) electrons. The first-order chi connectivity index (χ1) is 7.42. The van der Waals surface area contributed by atoms with Crippen LogP contribution in [0, 0.1) is 5.92 Å².